The van der Waals surface area contributed by atoms with Crippen LogP contribution in [0, 0.1) is 5.92 Å². The van der Waals surface area contributed by atoms with Crippen LogP contribution in [0.1, 0.15) is 25.7 Å². The first kappa shape index (κ1) is 11.5. The number of nitrogens with one attached hydrogen (secondary N) is 1. The van der Waals surface area contributed by atoms with Gasteiger partial charge in [0, 0.05) is 19.5 Å². The summed E-state index contributed by atoms with van der Waals surface area (Å²) in [6.45, 7) is 2.27. The molecule has 0 unspecified atom stereocenters. The van der Waals surface area contributed by atoms with Gasteiger partial charge in [0.05, 0.1) is 13.2 Å². The van der Waals surface area contributed by atoms with Crippen molar-refractivity contribution in [2.75, 3.05) is 26.3 Å². The Bertz CT molecular complexity index is 170. The van der Waals surface area contributed by atoms with Gasteiger partial charge in [-0.2, -0.15) is 0 Å². The topological polar surface area (TPSA) is 64.3 Å². The number of amides is 1. The van der Waals surface area contributed by atoms with Gasteiger partial charge in [0.15, 0.2) is 0 Å². The minimum Gasteiger partial charge on any atom is -0.378 e. The van der Waals surface area contributed by atoms with Crippen molar-refractivity contribution in [2.24, 2.45) is 11.7 Å². The molecule has 4 heteroatoms. The van der Waals surface area contributed by atoms with Crippen molar-refractivity contribution in [3.63, 3.8) is 0 Å². The van der Waals surface area contributed by atoms with E-state index in [1.807, 2.05) is 0 Å². The number of rotatable bonds is 7. The van der Waals surface area contributed by atoms with Gasteiger partial charge in [-0.05, 0) is 18.8 Å². The molecule has 3 N–H and O–H groups in total. The third-order valence-corrected chi connectivity index (χ3v) is 2.53. The predicted molar refractivity (Wildman–Crippen MR) is 54.8 cm³/mol. The lowest BCUT2D eigenvalue weighted by molar-refractivity contribution is -0.122. The summed E-state index contributed by atoms with van der Waals surface area (Å²) in [5.41, 5.74) is 5.25. The van der Waals surface area contributed by atoms with Gasteiger partial charge in [-0.25, -0.2) is 0 Å². The highest BCUT2D eigenvalue weighted by molar-refractivity contribution is 5.76. The van der Waals surface area contributed by atoms with E-state index in [4.69, 9.17) is 10.5 Å². The van der Waals surface area contributed by atoms with E-state index in [2.05, 4.69) is 5.32 Å². The Hall–Kier alpha value is -0.610. The van der Waals surface area contributed by atoms with E-state index in [9.17, 15) is 4.79 Å². The smallest absolute Gasteiger partial charge is 0.220 e. The lowest BCUT2D eigenvalue weighted by atomic mass is 9.83. The summed E-state index contributed by atoms with van der Waals surface area (Å²) in [5.74, 6) is 0.797. The average Bonchev–Trinajstić information content (AvgIpc) is 2.11. The van der Waals surface area contributed by atoms with Gasteiger partial charge in [0.1, 0.15) is 0 Å². The van der Waals surface area contributed by atoms with Crippen LogP contribution in [0.3, 0.4) is 0 Å². The maximum Gasteiger partial charge on any atom is 0.220 e. The average molecular weight is 200 g/mol. The van der Waals surface area contributed by atoms with E-state index in [0.717, 1.165) is 0 Å². The van der Waals surface area contributed by atoms with Crippen LogP contribution in [0.4, 0.5) is 0 Å². The van der Waals surface area contributed by atoms with Crippen LogP contribution in [0.15, 0.2) is 0 Å². The third kappa shape index (κ3) is 4.58. The van der Waals surface area contributed by atoms with Gasteiger partial charge in [-0.15, -0.1) is 0 Å². The van der Waals surface area contributed by atoms with Crippen molar-refractivity contribution >= 4 is 5.91 Å². The Balaban J connectivity index is 1.87. The van der Waals surface area contributed by atoms with E-state index in [-0.39, 0.29) is 5.91 Å². The number of hydrogen-bond donors (Lipinski definition) is 2. The molecule has 1 aliphatic carbocycles. The van der Waals surface area contributed by atoms with Crippen LogP contribution in [0.2, 0.25) is 0 Å². The van der Waals surface area contributed by atoms with Gasteiger partial charge in [-0.3, -0.25) is 4.79 Å². The highest BCUT2D eigenvalue weighted by Gasteiger charge is 2.20. The first-order chi connectivity index (χ1) is 6.83. The quantitative estimate of drug-likeness (QED) is 0.580. The highest BCUT2D eigenvalue weighted by Crippen LogP contribution is 2.28. The van der Waals surface area contributed by atoms with Crippen molar-refractivity contribution in [3.8, 4) is 0 Å². The van der Waals surface area contributed by atoms with Gasteiger partial charge in [0.2, 0.25) is 5.91 Å². The van der Waals surface area contributed by atoms with Crippen LogP contribution < -0.4 is 11.1 Å². The molecule has 0 bridgehead atoms. The molecule has 82 valence electrons. The lowest BCUT2D eigenvalue weighted by Gasteiger charge is -2.24. The molecule has 0 heterocycles. The molecular formula is C10H20N2O2. The molecule has 1 fully saturated rings. The first-order valence-electron chi connectivity index (χ1n) is 5.37. The molecule has 0 atom stereocenters. The normalized spacial score (nSPS) is 16.4. The number of hydrogen-bond acceptors (Lipinski definition) is 3. The van der Waals surface area contributed by atoms with Gasteiger partial charge in [-0.1, -0.05) is 6.42 Å². The molecule has 0 saturated heterocycles. The van der Waals surface area contributed by atoms with Crippen LogP contribution >= 0.6 is 0 Å². The minimum atomic E-state index is 0.158. The molecule has 1 aliphatic rings. The summed E-state index contributed by atoms with van der Waals surface area (Å²) < 4.78 is 5.14. The summed E-state index contributed by atoms with van der Waals surface area (Å²) in [5, 5.41) is 2.84. The van der Waals surface area contributed by atoms with Crippen molar-refractivity contribution in [2.45, 2.75) is 25.7 Å². The van der Waals surface area contributed by atoms with Gasteiger partial charge < -0.3 is 15.8 Å². The highest BCUT2D eigenvalue weighted by atomic mass is 16.5. The molecule has 0 radical (unpaired) electrons. The summed E-state index contributed by atoms with van der Waals surface area (Å²) in [6, 6.07) is 0. The maximum absolute atomic E-state index is 11.3. The Labute approximate surface area is 85.2 Å². The second-order valence-electron chi connectivity index (χ2n) is 3.75. The summed E-state index contributed by atoms with van der Waals surface area (Å²) in [4.78, 5) is 11.3. The zero-order chi connectivity index (χ0) is 10.2. The summed E-state index contributed by atoms with van der Waals surface area (Å²) in [6.07, 6.45) is 4.42. The van der Waals surface area contributed by atoms with Crippen molar-refractivity contribution in [3.05, 3.63) is 0 Å². The van der Waals surface area contributed by atoms with E-state index >= 15 is 0 Å². The summed E-state index contributed by atoms with van der Waals surface area (Å²) >= 11 is 0. The largest absolute Gasteiger partial charge is 0.378 e. The molecule has 0 spiro atoms. The van der Waals surface area contributed by atoms with Crippen molar-refractivity contribution in [1.82, 2.24) is 5.32 Å². The molecule has 1 amide bonds. The van der Waals surface area contributed by atoms with Crippen molar-refractivity contribution in [1.29, 1.82) is 0 Å². The first-order valence-corrected chi connectivity index (χ1v) is 5.37. The van der Waals surface area contributed by atoms with Crippen LogP contribution in [0.25, 0.3) is 0 Å². The van der Waals surface area contributed by atoms with E-state index in [1.54, 1.807) is 0 Å². The van der Waals surface area contributed by atoms with Gasteiger partial charge >= 0.3 is 0 Å². The SMILES string of the molecule is NCCOCCNC(=O)CC1CCC1. The van der Waals surface area contributed by atoms with E-state index < -0.39 is 0 Å². The fraction of sp³-hybridized carbons (Fsp3) is 0.900. The number of ether oxygens (including phenoxy) is 1. The van der Waals surface area contributed by atoms with Gasteiger partial charge in [0.25, 0.3) is 0 Å². The van der Waals surface area contributed by atoms with Crippen LogP contribution in [-0.2, 0) is 9.53 Å². The Morgan fingerprint density at radius 2 is 2.21 bits per heavy atom. The molecule has 4 nitrogen and oxygen atoms in total. The summed E-state index contributed by atoms with van der Waals surface area (Å²) in [7, 11) is 0. The molecular weight excluding hydrogens is 180 g/mol. The zero-order valence-electron chi connectivity index (χ0n) is 8.63. The van der Waals surface area contributed by atoms with E-state index in [1.165, 1.54) is 19.3 Å². The van der Waals surface area contributed by atoms with Crippen LogP contribution in [-0.4, -0.2) is 32.2 Å². The maximum atomic E-state index is 11.3. The Morgan fingerprint density at radius 3 is 2.79 bits per heavy atom. The molecule has 0 aromatic rings. The Kier molecular flexibility index (Phi) is 5.56. The fourth-order valence-corrected chi connectivity index (χ4v) is 1.48. The lowest BCUT2D eigenvalue weighted by Crippen LogP contribution is -2.30. The molecule has 1 rings (SSSR count). The second kappa shape index (κ2) is 6.79. The standard InChI is InChI=1S/C10H20N2O2/c11-4-6-14-7-5-12-10(13)8-9-2-1-3-9/h9H,1-8,11H2,(H,12,13). The second-order valence-corrected chi connectivity index (χ2v) is 3.75. The number of carbonyl (C=O) groups excluding carboxylic acids is 1. The monoisotopic (exact) mass is 200 g/mol. The van der Waals surface area contributed by atoms with E-state index in [0.29, 0.717) is 38.6 Å². The van der Waals surface area contributed by atoms with Crippen LogP contribution in [0.5, 0.6) is 0 Å². The predicted octanol–water partition coefficient (Wildman–Crippen LogP) is 0.268. The van der Waals surface area contributed by atoms with Crippen molar-refractivity contribution < 1.29 is 9.53 Å². The third-order valence-electron chi connectivity index (χ3n) is 2.53. The molecule has 0 aliphatic heterocycles. The Morgan fingerprint density at radius 1 is 1.43 bits per heavy atom. The minimum absolute atomic E-state index is 0.158. The zero-order valence-corrected chi connectivity index (χ0v) is 8.63. The molecule has 0 aromatic carbocycles. The fourth-order valence-electron chi connectivity index (χ4n) is 1.48. The molecule has 0 aromatic heterocycles. The number of nitrogens with two attached hydrogens (primary N) is 1. The molecule has 14 heavy (non-hydrogen) atoms. The number of carbonyl (C=O) groups is 1. The molecule has 1 saturated carbocycles.